The van der Waals surface area contributed by atoms with Crippen molar-refractivity contribution >= 4 is 11.6 Å². The Bertz CT molecular complexity index is 738. The third-order valence-corrected chi connectivity index (χ3v) is 4.39. The van der Waals surface area contributed by atoms with Crippen molar-refractivity contribution in [1.29, 1.82) is 0 Å². The summed E-state index contributed by atoms with van der Waals surface area (Å²) >= 11 is 0. The van der Waals surface area contributed by atoms with Gasteiger partial charge in [-0.3, -0.25) is 9.36 Å². The molecular weight excluding hydrogens is 306 g/mol. The largest absolute Gasteiger partial charge is 0.378 e. The van der Waals surface area contributed by atoms with E-state index in [1.807, 2.05) is 61.7 Å². The maximum atomic E-state index is 12.8. The van der Waals surface area contributed by atoms with Gasteiger partial charge in [0.25, 0.3) is 0 Å². The minimum absolute atomic E-state index is 0.0944. The molecule has 3 rings (SSSR count). The monoisotopic (exact) mass is 329 g/mol. The summed E-state index contributed by atoms with van der Waals surface area (Å²) in [5.41, 5.74) is 1.35. The number of rotatable bonds is 4. The van der Waals surface area contributed by atoms with Crippen molar-refractivity contribution in [3.05, 3.63) is 41.5 Å². The van der Waals surface area contributed by atoms with Gasteiger partial charge in [-0.05, 0) is 31.5 Å². The molecule has 1 N–H and O–H groups in total. The summed E-state index contributed by atoms with van der Waals surface area (Å²) in [7, 11) is 4.00. The van der Waals surface area contributed by atoms with Crippen LogP contribution >= 0.6 is 0 Å². The van der Waals surface area contributed by atoms with Crippen molar-refractivity contribution in [3.8, 4) is 0 Å². The summed E-state index contributed by atoms with van der Waals surface area (Å²) in [4.78, 5) is 14.8. The Morgan fingerprint density at radius 3 is 2.71 bits per heavy atom. The number of aryl methyl sites for hydroxylation is 1. The Balaban J connectivity index is 1.72. The standard InChI is InChI=1S/C17H23N5O2/c1-12-19-20-15-10-24-11-17(2,22(12)15)16(23)18-9-13-5-7-14(8-6-13)21(3)4/h5-8H,9-11H2,1-4H3,(H,18,23). The highest BCUT2D eigenvalue weighted by atomic mass is 16.5. The second kappa shape index (κ2) is 6.24. The molecule has 2 heterocycles. The highest BCUT2D eigenvalue weighted by Crippen LogP contribution is 2.26. The van der Waals surface area contributed by atoms with Gasteiger partial charge in [-0.2, -0.15) is 0 Å². The van der Waals surface area contributed by atoms with Gasteiger partial charge in [0.1, 0.15) is 18.0 Å². The highest BCUT2D eigenvalue weighted by molar-refractivity contribution is 5.84. The zero-order valence-electron chi connectivity index (χ0n) is 14.5. The lowest BCUT2D eigenvalue weighted by Gasteiger charge is -2.34. The Kier molecular flexibility index (Phi) is 4.28. The molecule has 1 aromatic heterocycles. The molecule has 7 nitrogen and oxygen atoms in total. The number of carbonyl (C=O) groups is 1. The van der Waals surface area contributed by atoms with E-state index in [-0.39, 0.29) is 5.91 Å². The van der Waals surface area contributed by atoms with Gasteiger partial charge < -0.3 is 15.0 Å². The molecule has 0 saturated carbocycles. The molecule has 1 aliphatic heterocycles. The van der Waals surface area contributed by atoms with Crippen LogP contribution in [0.25, 0.3) is 0 Å². The molecule has 0 radical (unpaired) electrons. The number of benzene rings is 1. The number of hydrogen-bond acceptors (Lipinski definition) is 5. The fraction of sp³-hybridized carbons (Fsp3) is 0.471. The predicted molar refractivity (Wildman–Crippen MR) is 90.7 cm³/mol. The molecule has 0 aliphatic carbocycles. The number of hydrogen-bond donors (Lipinski definition) is 1. The fourth-order valence-electron chi connectivity index (χ4n) is 3.00. The van der Waals surface area contributed by atoms with Crippen LogP contribution in [0.15, 0.2) is 24.3 Å². The van der Waals surface area contributed by atoms with Crippen LogP contribution < -0.4 is 10.2 Å². The molecule has 2 aromatic rings. The van der Waals surface area contributed by atoms with Crippen molar-refractivity contribution < 1.29 is 9.53 Å². The first-order chi connectivity index (χ1) is 11.4. The van der Waals surface area contributed by atoms with E-state index in [0.29, 0.717) is 25.6 Å². The molecule has 7 heteroatoms. The van der Waals surface area contributed by atoms with Crippen molar-refractivity contribution in [3.63, 3.8) is 0 Å². The van der Waals surface area contributed by atoms with Gasteiger partial charge in [0.2, 0.25) is 5.91 Å². The number of anilines is 1. The van der Waals surface area contributed by atoms with E-state index < -0.39 is 5.54 Å². The van der Waals surface area contributed by atoms with Gasteiger partial charge in [0.05, 0.1) is 6.61 Å². The molecule has 0 fully saturated rings. The van der Waals surface area contributed by atoms with Crippen molar-refractivity contribution in [2.24, 2.45) is 0 Å². The Hall–Kier alpha value is -2.41. The number of nitrogens with one attached hydrogen (secondary N) is 1. The lowest BCUT2D eigenvalue weighted by atomic mass is 10.00. The van der Waals surface area contributed by atoms with Crippen LogP contribution in [0.5, 0.6) is 0 Å². The molecule has 0 spiro atoms. The van der Waals surface area contributed by atoms with Crippen LogP contribution in [-0.2, 0) is 28.2 Å². The number of aromatic nitrogens is 3. The average molecular weight is 329 g/mol. The maximum Gasteiger partial charge on any atom is 0.248 e. The molecule has 1 atom stereocenters. The number of carbonyl (C=O) groups excluding carboxylic acids is 1. The first kappa shape index (κ1) is 16.4. The smallest absolute Gasteiger partial charge is 0.248 e. The summed E-state index contributed by atoms with van der Waals surface area (Å²) in [5, 5.41) is 11.2. The predicted octanol–water partition coefficient (Wildman–Crippen LogP) is 1.21. The molecular formula is C17H23N5O2. The summed E-state index contributed by atoms with van der Waals surface area (Å²) in [6.45, 7) is 4.88. The summed E-state index contributed by atoms with van der Waals surface area (Å²) < 4.78 is 7.43. The zero-order chi connectivity index (χ0) is 17.3. The number of ether oxygens (including phenoxy) is 1. The quantitative estimate of drug-likeness (QED) is 0.913. The molecule has 1 amide bonds. The Labute approximate surface area is 141 Å². The molecule has 0 saturated heterocycles. The first-order valence-corrected chi connectivity index (χ1v) is 7.95. The Morgan fingerprint density at radius 1 is 1.33 bits per heavy atom. The number of fused-ring (bicyclic) bond motifs is 1. The van der Waals surface area contributed by atoms with Gasteiger partial charge >= 0.3 is 0 Å². The third-order valence-electron chi connectivity index (χ3n) is 4.39. The average Bonchev–Trinajstić information content (AvgIpc) is 2.95. The highest BCUT2D eigenvalue weighted by Gasteiger charge is 2.41. The van der Waals surface area contributed by atoms with Crippen molar-refractivity contribution in [2.75, 3.05) is 25.6 Å². The van der Waals surface area contributed by atoms with E-state index in [2.05, 4.69) is 15.5 Å². The van der Waals surface area contributed by atoms with Gasteiger partial charge in [0.15, 0.2) is 5.82 Å². The molecule has 0 bridgehead atoms. The minimum Gasteiger partial charge on any atom is -0.378 e. The van der Waals surface area contributed by atoms with E-state index >= 15 is 0 Å². The minimum atomic E-state index is -0.829. The van der Waals surface area contributed by atoms with E-state index in [1.165, 1.54) is 0 Å². The molecule has 1 aliphatic rings. The van der Waals surface area contributed by atoms with E-state index in [1.54, 1.807) is 0 Å². The Morgan fingerprint density at radius 2 is 2.04 bits per heavy atom. The van der Waals surface area contributed by atoms with Crippen LogP contribution in [0, 0.1) is 6.92 Å². The van der Waals surface area contributed by atoms with Crippen LogP contribution in [0.4, 0.5) is 5.69 Å². The summed E-state index contributed by atoms with van der Waals surface area (Å²) in [6.07, 6.45) is 0. The maximum absolute atomic E-state index is 12.8. The summed E-state index contributed by atoms with van der Waals surface area (Å²) in [5.74, 6) is 1.32. The van der Waals surface area contributed by atoms with E-state index in [9.17, 15) is 4.79 Å². The van der Waals surface area contributed by atoms with Crippen molar-refractivity contribution in [2.45, 2.75) is 32.5 Å². The topological polar surface area (TPSA) is 72.3 Å². The van der Waals surface area contributed by atoms with Crippen LogP contribution in [-0.4, -0.2) is 41.4 Å². The molecule has 24 heavy (non-hydrogen) atoms. The van der Waals surface area contributed by atoms with Gasteiger partial charge in [0, 0.05) is 26.3 Å². The molecule has 128 valence electrons. The third kappa shape index (κ3) is 2.87. The summed E-state index contributed by atoms with van der Waals surface area (Å²) in [6, 6.07) is 8.11. The zero-order valence-corrected chi connectivity index (χ0v) is 14.5. The van der Waals surface area contributed by atoms with Gasteiger partial charge in [-0.15, -0.1) is 10.2 Å². The first-order valence-electron chi connectivity index (χ1n) is 7.95. The van der Waals surface area contributed by atoms with Crippen LogP contribution in [0.2, 0.25) is 0 Å². The lowest BCUT2D eigenvalue weighted by molar-refractivity contribution is -0.135. The number of nitrogens with zero attached hydrogens (tertiary/aromatic N) is 4. The molecule has 1 unspecified atom stereocenters. The lowest BCUT2D eigenvalue weighted by Crippen LogP contribution is -2.52. The van der Waals surface area contributed by atoms with Gasteiger partial charge in [-0.1, -0.05) is 12.1 Å². The number of amides is 1. The van der Waals surface area contributed by atoms with E-state index in [4.69, 9.17) is 4.74 Å². The fourth-order valence-corrected chi connectivity index (χ4v) is 3.00. The SMILES string of the molecule is Cc1nnc2n1C(C)(C(=O)NCc1ccc(N(C)C)cc1)COC2. The van der Waals surface area contributed by atoms with Crippen molar-refractivity contribution in [1.82, 2.24) is 20.1 Å². The van der Waals surface area contributed by atoms with E-state index in [0.717, 1.165) is 17.1 Å². The molecule has 1 aromatic carbocycles. The van der Waals surface area contributed by atoms with Crippen LogP contribution in [0.3, 0.4) is 0 Å². The second-order valence-electron chi connectivity index (χ2n) is 6.51. The van der Waals surface area contributed by atoms with Crippen LogP contribution in [0.1, 0.15) is 24.1 Å². The second-order valence-corrected chi connectivity index (χ2v) is 6.51. The van der Waals surface area contributed by atoms with Gasteiger partial charge in [-0.25, -0.2) is 0 Å². The normalized spacial score (nSPS) is 19.7.